The normalized spacial score (nSPS) is 22.7. The molecular weight excluding hydrogens is 254 g/mol. The number of benzene rings is 2. The second-order valence-corrected chi connectivity index (χ2v) is 6.39. The standard InChI is InChI=1S/C17H20ClN/c1-19(11-13-9-16(18)10-13)12-15-7-4-6-14-5-2-3-8-17(14)15/h2-8,13,16H,9-12H2,1H3. The number of hydrogen-bond acceptors (Lipinski definition) is 1. The molecule has 0 aliphatic heterocycles. The van der Waals surface area contributed by atoms with E-state index < -0.39 is 0 Å². The van der Waals surface area contributed by atoms with Crippen LogP contribution >= 0.6 is 11.6 Å². The van der Waals surface area contributed by atoms with Crippen LogP contribution < -0.4 is 0 Å². The number of nitrogens with zero attached hydrogens (tertiary/aromatic N) is 1. The summed E-state index contributed by atoms with van der Waals surface area (Å²) in [5.74, 6) is 0.794. The summed E-state index contributed by atoms with van der Waals surface area (Å²) in [5, 5.41) is 3.13. The zero-order valence-electron chi connectivity index (χ0n) is 11.3. The van der Waals surface area contributed by atoms with Gasteiger partial charge >= 0.3 is 0 Å². The predicted octanol–water partition coefficient (Wildman–Crippen LogP) is 4.29. The summed E-state index contributed by atoms with van der Waals surface area (Å²) in [4.78, 5) is 2.43. The van der Waals surface area contributed by atoms with Gasteiger partial charge in [0, 0.05) is 18.5 Å². The minimum Gasteiger partial charge on any atom is -0.302 e. The first-order chi connectivity index (χ1) is 9.22. The summed E-state index contributed by atoms with van der Waals surface area (Å²) in [6.07, 6.45) is 2.36. The maximum atomic E-state index is 6.05. The van der Waals surface area contributed by atoms with Crippen LogP contribution in [-0.2, 0) is 6.54 Å². The molecule has 2 aromatic carbocycles. The Bertz CT molecular complexity index is 555. The van der Waals surface area contributed by atoms with E-state index in [-0.39, 0.29) is 0 Å². The Kier molecular flexibility index (Phi) is 3.76. The van der Waals surface area contributed by atoms with E-state index in [4.69, 9.17) is 11.6 Å². The third kappa shape index (κ3) is 2.93. The molecule has 0 atom stereocenters. The van der Waals surface area contributed by atoms with E-state index in [2.05, 4.69) is 54.4 Å². The molecule has 2 aromatic rings. The maximum Gasteiger partial charge on any atom is 0.0342 e. The van der Waals surface area contributed by atoms with Crippen molar-refractivity contribution in [1.29, 1.82) is 0 Å². The van der Waals surface area contributed by atoms with Crippen molar-refractivity contribution in [2.24, 2.45) is 5.92 Å². The second-order valence-electron chi connectivity index (χ2n) is 5.77. The minimum absolute atomic E-state index is 0.427. The van der Waals surface area contributed by atoms with E-state index in [0.717, 1.165) is 19.0 Å². The molecule has 0 spiro atoms. The van der Waals surface area contributed by atoms with Crippen LogP contribution in [0.4, 0.5) is 0 Å². The first-order valence-electron chi connectivity index (χ1n) is 7.01. The average Bonchev–Trinajstić information content (AvgIpc) is 2.37. The van der Waals surface area contributed by atoms with Gasteiger partial charge in [0.2, 0.25) is 0 Å². The molecule has 0 aromatic heterocycles. The van der Waals surface area contributed by atoms with Crippen LogP contribution in [0.5, 0.6) is 0 Å². The topological polar surface area (TPSA) is 3.24 Å². The van der Waals surface area contributed by atoms with Crippen LogP contribution in [0.15, 0.2) is 42.5 Å². The average molecular weight is 274 g/mol. The molecule has 1 aliphatic carbocycles. The molecule has 1 fully saturated rings. The molecule has 0 amide bonds. The van der Waals surface area contributed by atoms with E-state index in [9.17, 15) is 0 Å². The molecular formula is C17H20ClN. The molecule has 0 saturated heterocycles. The van der Waals surface area contributed by atoms with Crippen molar-refractivity contribution in [3.8, 4) is 0 Å². The fourth-order valence-electron chi connectivity index (χ4n) is 3.03. The van der Waals surface area contributed by atoms with Crippen LogP contribution in [-0.4, -0.2) is 23.9 Å². The summed E-state index contributed by atoms with van der Waals surface area (Å²) >= 11 is 6.05. The Morgan fingerprint density at radius 1 is 1.11 bits per heavy atom. The summed E-state index contributed by atoms with van der Waals surface area (Å²) < 4.78 is 0. The molecule has 2 heteroatoms. The molecule has 1 aliphatic rings. The lowest BCUT2D eigenvalue weighted by atomic mass is 9.84. The molecule has 0 N–H and O–H groups in total. The number of alkyl halides is 1. The van der Waals surface area contributed by atoms with E-state index in [1.807, 2.05) is 0 Å². The number of fused-ring (bicyclic) bond motifs is 1. The zero-order chi connectivity index (χ0) is 13.2. The monoisotopic (exact) mass is 273 g/mol. The molecule has 0 heterocycles. The number of hydrogen-bond donors (Lipinski definition) is 0. The first-order valence-corrected chi connectivity index (χ1v) is 7.45. The van der Waals surface area contributed by atoms with E-state index in [1.54, 1.807) is 0 Å². The molecule has 1 saturated carbocycles. The Hall–Kier alpha value is -1.05. The molecule has 0 radical (unpaired) electrons. The van der Waals surface area contributed by atoms with Crippen molar-refractivity contribution in [3.63, 3.8) is 0 Å². The van der Waals surface area contributed by atoms with Crippen molar-refractivity contribution in [2.75, 3.05) is 13.6 Å². The highest BCUT2D eigenvalue weighted by molar-refractivity contribution is 6.21. The lowest BCUT2D eigenvalue weighted by Gasteiger charge is -2.34. The molecule has 0 unspecified atom stereocenters. The first kappa shape index (κ1) is 13.0. The third-order valence-corrected chi connectivity index (χ3v) is 4.42. The fraction of sp³-hybridized carbons (Fsp3) is 0.412. The summed E-state index contributed by atoms with van der Waals surface area (Å²) in [6, 6.07) is 15.2. The van der Waals surface area contributed by atoms with Gasteiger partial charge in [0.15, 0.2) is 0 Å². The summed E-state index contributed by atoms with van der Waals surface area (Å²) in [5.41, 5.74) is 1.42. The predicted molar refractivity (Wildman–Crippen MR) is 82.6 cm³/mol. The van der Waals surface area contributed by atoms with Crippen LogP contribution in [0.3, 0.4) is 0 Å². The maximum absolute atomic E-state index is 6.05. The number of rotatable bonds is 4. The highest BCUT2D eigenvalue weighted by Gasteiger charge is 2.27. The molecule has 1 nitrogen and oxygen atoms in total. The SMILES string of the molecule is CN(Cc1cccc2ccccc12)CC1CC(Cl)C1. The molecule has 100 valence electrons. The second kappa shape index (κ2) is 5.52. The third-order valence-electron chi connectivity index (χ3n) is 4.07. The Labute approximate surface area is 120 Å². The van der Waals surface area contributed by atoms with Crippen LogP contribution in [0.2, 0.25) is 0 Å². The van der Waals surface area contributed by atoms with Crippen molar-refractivity contribution >= 4 is 22.4 Å². The van der Waals surface area contributed by atoms with Gasteiger partial charge in [0.1, 0.15) is 0 Å². The highest BCUT2D eigenvalue weighted by atomic mass is 35.5. The van der Waals surface area contributed by atoms with Gasteiger partial charge in [-0.25, -0.2) is 0 Å². The largest absolute Gasteiger partial charge is 0.302 e. The van der Waals surface area contributed by atoms with Gasteiger partial charge in [0.05, 0.1) is 0 Å². The van der Waals surface area contributed by atoms with Gasteiger partial charge in [-0.15, -0.1) is 11.6 Å². The molecule has 0 bridgehead atoms. The fourth-order valence-corrected chi connectivity index (χ4v) is 3.53. The smallest absolute Gasteiger partial charge is 0.0342 e. The van der Waals surface area contributed by atoms with Gasteiger partial charge in [0.25, 0.3) is 0 Å². The Morgan fingerprint density at radius 3 is 2.63 bits per heavy atom. The molecule has 19 heavy (non-hydrogen) atoms. The minimum atomic E-state index is 0.427. The van der Waals surface area contributed by atoms with Gasteiger partial charge < -0.3 is 4.90 Å². The highest BCUT2D eigenvalue weighted by Crippen LogP contribution is 2.32. The number of halogens is 1. The van der Waals surface area contributed by atoms with Crippen LogP contribution in [0.25, 0.3) is 10.8 Å². The van der Waals surface area contributed by atoms with Gasteiger partial charge in [-0.3, -0.25) is 0 Å². The lowest BCUT2D eigenvalue weighted by molar-refractivity contribution is 0.204. The van der Waals surface area contributed by atoms with Crippen LogP contribution in [0.1, 0.15) is 18.4 Å². The van der Waals surface area contributed by atoms with E-state index >= 15 is 0 Å². The van der Waals surface area contributed by atoms with Crippen LogP contribution in [0, 0.1) is 5.92 Å². The van der Waals surface area contributed by atoms with Gasteiger partial charge in [-0.05, 0) is 42.1 Å². The Balaban J connectivity index is 1.70. The molecule has 3 rings (SSSR count). The van der Waals surface area contributed by atoms with E-state index in [1.165, 1.54) is 29.2 Å². The van der Waals surface area contributed by atoms with Gasteiger partial charge in [-0.2, -0.15) is 0 Å². The van der Waals surface area contributed by atoms with Crippen molar-refractivity contribution in [3.05, 3.63) is 48.0 Å². The van der Waals surface area contributed by atoms with Crippen molar-refractivity contribution in [1.82, 2.24) is 4.90 Å². The zero-order valence-corrected chi connectivity index (χ0v) is 12.1. The summed E-state index contributed by atoms with van der Waals surface area (Å²) in [6.45, 7) is 2.18. The van der Waals surface area contributed by atoms with E-state index in [0.29, 0.717) is 5.38 Å². The van der Waals surface area contributed by atoms with Gasteiger partial charge in [-0.1, -0.05) is 42.5 Å². The Morgan fingerprint density at radius 2 is 1.84 bits per heavy atom. The quantitative estimate of drug-likeness (QED) is 0.751. The van der Waals surface area contributed by atoms with Crippen molar-refractivity contribution in [2.45, 2.75) is 24.8 Å². The lowest BCUT2D eigenvalue weighted by Crippen LogP contribution is -2.34. The van der Waals surface area contributed by atoms with Crippen molar-refractivity contribution < 1.29 is 0 Å². The summed E-state index contributed by atoms with van der Waals surface area (Å²) in [7, 11) is 2.21.